The van der Waals surface area contributed by atoms with Gasteiger partial charge in [-0.2, -0.15) is 0 Å². The third-order valence-electron chi connectivity index (χ3n) is 6.22. The maximum atomic E-state index is 13.2. The van der Waals surface area contributed by atoms with Gasteiger partial charge >= 0.3 is 0 Å². The first-order valence-corrected chi connectivity index (χ1v) is 11.9. The highest BCUT2D eigenvalue weighted by Gasteiger charge is 2.29. The molecule has 4 rings (SSSR count). The van der Waals surface area contributed by atoms with Gasteiger partial charge in [0.25, 0.3) is 5.91 Å². The summed E-state index contributed by atoms with van der Waals surface area (Å²) < 4.78 is 5.25. The smallest absolute Gasteiger partial charge is 0.282 e. The highest BCUT2D eigenvalue weighted by Crippen LogP contribution is 2.37. The molecule has 0 spiro atoms. The van der Waals surface area contributed by atoms with Crippen LogP contribution in [0.5, 0.6) is 5.75 Å². The van der Waals surface area contributed by atoms with Gasteiger partial charge in [-0.05, 0) is 42.8 Å². The van der Waals surface area contributed by atoms with E-state index in [0.717, 1.165) is 57.1 Å². The highest BCUT2D eigenvalue weighted by molar-refractivity contribution is 8.00. The lowest BCUT2D eigenvalue weighted by Crippen LogP contribution is -3.28. The van der Waals surface area contributed by atoms with Gasteiger partial charge in [-0.15, -0.1) is 11.8 Å². The molecule has 160 valence electrons. The molecule has 2 aromatic carbocycles. The molecule has 1 fully saturated rings. The second kappa shape index (κ2) is 9.86. The Kier molecular flexibility index (Phi) is 6.97. The van der Waals surface area contributed by atoms with Crippen molar-refractivity contribution in [1.29, 1.82) is 0 Å². The summed E-state index contributed by atoms with van der Waals surface area (Å²) in [5.41, 5.74) is 2.44. The first kappa shape index (κ1) is 21.2. The van der Waals surface area contributed by atoms with Crippen LogP contribution in [0, 0.1) is 0 Å². The van der Waals surface area contributed by atoms with Crippen molar-refractivity contribution < 1.29 is 19.3 Å². The van der Waals surface area contributed by atoms with Gasteiger partial charge < -0.3 is 19.4 Å². The van der Waals surface area contributed by atoms with E-state index in [9.17, 15) is 4.79 Å². The zero-order valence-electron chi connectivity index (χ0n) is 18.0. The average Bonchev–Trinajstić information content (AvgIpc) is 2.94. The number of thioether (sulfide) groups is 1. The van der Waals surface area contributed by atoms with Crippen molar-refractivity contribution in [2.45, 2.75) is 30.0 Å². The minimum Gasteiger partial charge on any atom is -0.497 e. The Morgan fingerprint density at radius 2 is 1.77 bits per heavy atom. The first-order chi connectivity index (χ1) is 14.6. The normalized spacial score (nSPS) is 24.1. The van der Waals surface area contributed by atoms with Gasteiger partial charge in [0.15, 0.2) is 6.54 Å². The Morgan fingerprint density at radius 1 is 1.07 bits per heavy atom. The maximum absolute atomic E-state index is 13.2. The van der Waals surface area contributed by atoms with Gasteiger partial charge in [-0.25, -0.2) is 0 Å². The number of fused-ring (bicyclic) bond motifs is 1. The number of nitrogens with one attached hydrogen (secondary N) is 2. The molecule has 1 amide bonds. The van der Waals surface area contributed by atoms with Crippen molar-refractivity contribution in [2.75, 3.05) is 51.3 Å². The molecule has 0 saturated carbocycles. The van der Waals surface area contributed by atoms with Crippen LogP contribution in [-0.2, 0) is 11.3 Å². The van der Waals surface area contributed by atoms with Gasteiger partial charge in [0.1, 0.15) is 38.5 Å². The van der Waals surface area contributed by atoms with Crippen LogP contribution in [0.3, 0.4) is 0 Å². The quantitative estimate of drug-likeness (QED) is 0.745. The van der Waals surface area contributed by atoms with Gasteiger partial charge in [-0.1, -0.05) is 19.1 Å². The number of carbonyl (C=O) groups is 1. The van der Waals surface area contributed by atoms with Crippen LogP contribution in [0.1, 0.15) is 18.9 Å². The molecule has 5 nitrogen and oxygen atoms in total. The maximum Gasteiger partial charge on any atom is 0.282 e. The number of hydrogen-bond acceptors (Lipinski definition) is 3. The summed E-state index contributed by atoms with van der Waals surface area (Å²) in [6.45, 7) is 9.05. The van der Waals surface area contributed by atoms with E-state index in [1.54, 1.807) is 12.0 Å². The molecule has 2 aromatic rings. The fraction of sp³-hybridized carbons (Fsp3) is 0.458. The van der Waals surface area contributed by atoms with Crippen LogP contribution in [0.15, 0.2) is 53.4 Å². The number of ether oxygens (including phenoxy) is 1. The molecule has 0 unspecified atom stereocenters. The molecular weight excluding hydrogens is 394 g/mol. The molecule has 0 bridgehead atoms. The monoisotopic (exact) mass is 427 g/mol. The van der Waals surface area contributed by atoms with Crippen LogP contribution >= 0.6 is 11.8 Å². The fourth-order valence-electron chi connectivity index (χ4n) is 4.40. The first-order valence-electron chi connectivity index (χ1n) is 11.0. The van der Waals surface area contributed by atoms with E-state index >= 15 is 0 Å². The number of quaternary nitrogens is 2. The van der Waals surface area contributed by atoms with Crippen LogP contribution in [0.25, 0.3) is 0 Å². The van der Waals surface area contributed by atoms with Crippen LogP contribution in [-0.4, -0.2) is 57.5 Å². The summed E-state index contributed by atoms with van der Waals surface area (Å²) >= 11 is 1.89. The average molecular weight is 428 g/mol. The van der Waals surface area contributed by atoms with E-state index in [-0.39, 0.29) is 5.91 Å². The second-order valence-corrected chi connectivity index (χ2v) is 9.91. The van der Waals surface area contributed by atoms with Gasteiger partial charge in [0.2, 0.25) is 0 Å². The van der Waals surface area contributed by atoms with E-state index in [4.69, 9.17) is 4.74 Å². The molecule has 1 saturated heterocycles. The number of hydrogen-bond donors (Lipinski definition) is 2. The van der Waals surface area contributed by atoms with Gasteiger partial charge in [0.05, 0.1) is 12.8 Å². The number of rotatable bonds is 5. The molecule has 0 aliphatic carbocycles. The summed E-state index contributed by atoms with van der Waals surface area (Å²) in [7, 11) is 1.70. The topological polar surface area (TPSA) is 38.4 Å². The number of nitrogens with zero attached hydrogens (tertiary/aromatic N) is 1. The number of methoxy groups -OCH3 is 1. The second-order valence-electron chi connectivity index (χ2n) is 8.43. The lowest BCUT2D eigenvalue weighted by molar-refractivity contribution is -1.02. The molecule has 0 radical (unpaired) electrons. The van der Waals surface area contributed by atoms with Crippen molar-refractivity contribution in [3.8, 4) is 5.75 Å². The molecular formula is C24H33N3O2S+2. The van der Waals surface area contributed by atoms with Crippen LogP contribution in [0.2, 0.25) is 0 Å². The zero-order chi connectivity index (χ0) is 20.9. The third-order valence-corrected chi connectivity index (χ3v) is 7.46. The Hall–Kier alpha value is -2.02. The number of carbonyl (C=O) groups excluding carboxylic acids is 1. The SMILES string of the molecule is COc1ccc(C[NH+]2CC[NH+](CC(=O)N3CC[C@@H](C)Sc4ccccc43)CC2)cc1. The molecule has 2 aliphatic rings. The number of para-hydroxylation sites is 1. The lowest BCUT2D eigenvalue weighted by Gasteiger charge is -2.31. The zero-order valence-corrected chi connectivity index (χ0v) is 18.8. The van der Waals surface area contributed by atoms with E-state index in [0.29, 0.717) is 11.8 Å². The van der Waals surface area contributed by atoms with E-state index in [2.05, 4.69) is 37.3 Å². The predicted octanol–water partition coefficient (Wildman–Crippen LogP) is 0.896. The van der Waals surface area contributed by atoms with E-state index < -0.39 is 0 Å². The van der Waals surface area contributed by atoms with Gasteiger partial charge in [0, 0.05) is 22.3 Å². The van der Waals surface area contributed by atoms with Crippen molar-refractivity contribution in [1.82, 2.24) is 0 Å². The van der Waals surface area contributed by atoms with Crippen molar-refractivity contribution in [3.05, 3.63) is 54.1 Å². The van der Waals surface area contributed by atoms with Gasteiger partial charge in [-0.3, -0.25) is 4.79 Å². The molecule has 2 aliphatic heterocycles. The van der Waals surface area contributed by atoms with Crippen molar-refractivity contribution in [3.63, 3.8) is 0 Å². The summed E-state index contributed by atoms with van der Waals surface area (Å²) in [5.74, 6) is 1.18. The van der Waals surface area contributed by atoms with E-state index in [1.807, 2.05) is 34.9 Å². The van der Waals surface area contributed by atoms with Crippen molar-refractivity contribution >= 4 is 23.4 Å². The third kappa shape index (κ3) is 5.17. The molecule has 6 heteroatoms. The lowest BCUT2D eigenvalue weighted by atomic mass is 10.2. The Labute approximate surface area is 184 Å². The fourth-order valence-corrected chi connectivity index (χ4v) is 5.51. The molecule has 1 atom stereocenters. The van der Waals surface area contributed by atoms with Crippen molar-refractivity contribution in [2.24, 2.45) is 0 Å². The van der Waals surface area contributed by atoms with E-state index in [1.165, 1.54) is 15.4 Å². The minimum absolute atomic E-state index is 0.269. The summed E-state index contributed by atoms with van der Waals surface area (Å²) in [6, 6.07) is 16.8. The number of anilines is 1. The summed E-state index contributed by atoms with van der Waals surface area (Å²) in [5, 5.41) is 0.543. The Bertz CT molecular complexity index is 850. The summed E-state index contributed by atoms with van der Waals surface area (Å²) in [4.78, 5) is 19.5. The number of benzene rings is 2. The molecule has 2 heterocycles. The highest BCUT2D eigenvalue weighted by atomic mass is 32.2. The number of piperazine rings is 1. The predicted molar refractivity (Wildman–Crippen MR) is 122 cm³/mol. The van der Waals surface area contributed by atoms with Crippen LogP contribution in [0.4, 0.5) is 5.69 Å². The largest absolute Gasteiger partial charge is 0.497 e. The number of amides is 1. The molecule has 2 N–H and O–H groups in total. The Morgan fingerprint density at radius 3 is 2.50 bits per heavy atom. The Balaban J connectivity index is 1.31. The van der Waals surface area contributed by atoms with Crippen LogP contribution < -0.4 is 19.4 Å². The molecule has 30 heavy (non-hydrogen) atoms. The summed E-state index contributed by atoms with van der Waals surface area (Å²) in [6.07, 6.45) is 1.04. The standard InChI is InChI=1S/C24H31N3O2S/c1-19-11-12-27(22-5-3-4-6-23(22)30-19)24(28)18-26-15-13-25(14-16-26)17-20-7-9-21(29-2)10-8-20/h3-10,19H,11-18H2,1-2H3/p+2/t19-/m1/s1. The minimum atomic E-state index is 0.269. The molecule has 0 aromatic heterocycles.